The summed E-state index contributed by atoms with van der Waals surface area (Å²) in [5, 5.41) is 6.17. The summed E-state index contributed by atoms with van der Waals surface area (Å²) in [4.78, 5) is 24.9. The van der Waals surface area contributed by atoms with E-state index < -0.39 is 22.1 Å². The van der Waals surface area contributed by atoms with Gasteiger partial charge < -0.3 is 10.2 Å². The van der Waals surface area contributed by atoms with Crippen LogP contribution in [0.25, 0.3) is 6.08 Å². The molecule has 1 aromatic carbocycles. The van der Waals surface area contributed by atoms with Crippen molar-refractivity contribution < 1.29 is 22.9 Å². The summed E-state index contributed by atoms with van der Waals surface area (Å²) in [5.41, 5.74) is 0.820. The molecule has 9 heteroatoms. The first-order chi connectivity index (χ1) is 13.2. The number of piperazine rings is 1. The highest BCUT2D eigenvalue weighted by Gasteiger charge is 2.33. The van der Waals surface area contributed by atoms with Crippen molar-refractivity contribution in [3.05, 3.63) is 41.3 Å². The summed E-state index contributed by atoms with van der Waals surface area (Å²) < 4.78 is 26.5. The number of imide groups is 1. The molecule has 1 fully saturated rings. The second-order valence-electron chi connectivity index (χ2n) is 7.15. The summed E-state index contributed by atoms with van der Waals surface area (Å²) in [7, 11) is -3.51. The lowest BCUT2D eigenvalue weighted by Crippen LogP contribution is -3.19. The number of quaternary nitrogens is 1. The minimum atomic E-state index is -3.51. The fourth-order valence-corrected chi connectivity index (χ4v) is 4.17. The molecule has 0 unspecified atom stereocenters. The highest BCUT2D eigenvalue weighted by Crippen LogP contribution is 2.08. The average Bonchev–Trinajstić information content (AvgIpc) is 2.66. The van der Waals surface area contributed by atoms with E-state index in [1.807, 2.05) is 44.2 Å². The molecule has 1 aliphatic rings. The number of nitrogens with zero attached hydrogens (tertiary/aromatic N) is 1. The lowest BCUT2D eigenvalue weighted by Gasteiger charge is -2.33. The van der Waals surface area contributed by atoms with Crippen LogP contribution in [0.1, 0.15) is 26.3 Å². The maximum absolute atomic E-state index is 12.5. The number of rotatable bonds is 6. The fourth-order valence-electron chi connectivity index (χ4n) is 2.98. The zero-order valence-corrected chi connectivity index (χ0v) is 17.3. The molecule has 0 saturated carbocycles. The Kier molecular flexibility index (Phi) is 7.73. The topological polar surface area (TPSA) is 100 Å². The van der Waals surface area contributed by atoms with Crippen LogP contribution in [-0.4, -0.2) is 62.9 Å². The molecule has 0 aliphatic carbocycles. The summed E-state index contributed by atoms with van der Waals surface area (Å²) in [5.74, 6) is -0.367. The summed E-state index contributed by atoms with van der Waals surface area (Å²) in [6.45, 7) is 7.01. The minimum absolute atomic E-state index is 0.0619. The van der Waals surface area contributed by atoms with Crippen LogP contribution in [0.2, 0.25) is 0 Å². The molecule has 0 radical (unpaired) electrons. The molecule has 3 amide bonds. The predicted octanol–water partition coefficient (Wildman–Crippen LogP) is -0.190. The SMILES string of the molecule is CC(C)NC(=O)NC(=O)[C@@H](C)[NH+]1CCN(S(=O)(=O)/C=C/c2ccccc2)CC1. The third-order valence-corrected chi connectivity index (χ3v) is 6.18. The van der Waals surface area contributed by atoms with Gasteiger partial charge in [0.2, 0.25) is 10.0 Å². The van der Waals surface area contributed by atoms with Gasteiger partial charge in [-0.05, 0) is 32.4 Å². The molecule has 1 atom stereocenters. The third-order valence-electron chi connectivity index (χ3n) is 4.62. The summed E-state index contributed by atoms with van der Waals surface area (Å²) >= 11 is 0. The van der Waals surface area contributed by atoms with E-state index in [0.717, 1.165) is 10.5 Å². The van der Waals surface area contributed by atoms with E-state index in [1.54, 1.807) is 13.0 Å². The van der Waals surface area contributed by atoms with E-state index in [4.69, 9.17) is 0 Å². The number of carbonyl (C=O) groups excluding carboxylic acids is 2. The van der Waals surface area contributed by atoms with Crippen LogP contribution < -0.4 is 15.5 Å². The first kappa shape index (κ1) is 22.1. The summed E-state index contributed by atoms with van der Waals surface area (Å²) in [6.07, 6.45) is 1.58. The number of amides is 3. The van der Waals surface area contributed by atoms with Crippen LogP contribution in [0.4, 0.5) is 4.79 Å². The van der Waals surface area contributed by atoms with Crippen molar-refractivity contribution >= 4 is 28.0 Å². The van der Waals surface area contributed by atoms with Crippen LogP contribution in [0.3, 0.4) is 0 Å². The van der Waals surface area contributed by atoms with Gasteiger partial charge in [-0.15, -0.1) is 0 Å². The van der Waals surface area contributed by atoms with Gasteiger partial charge in [-0.3, -0.25) is 10.1 Å². The van der Waals surface area contributed by atoms with Crippen molar-refractivity contribution in [1.82, 2.24) is 14.9 Å². The standard InChI is InChI=1S/C19H28N4O4S/c1-15(2)20-19(25)21-18(24)16(3)22-10-12-23(13-11-22)28(26,27)14-9-17-7-5-4-6-8-17/h4-9,14-16H,10-13H2,1-3H3,(H2,20,21,24,25)/p+1/b14-9+/t16-/m1/s1. The smallest absolute Gasteiger partial charge is 0.321 e. The molecular formula is C19H29N4O4S+. The Morgan fingerprint density at radius 2 is 1.71 bits per heavy atom. The number of carbonyl (C=O) groups is 2. The summed E-state index contributed by atoms with van der Waals surface area (Å²) in [6, 6.07) is 8.23. The average molecular weight is 410 g/mol. The van der Waals surface area contributed by atoms with Gasteiger partial charge in [0.15, 0.2) is 6.04 Å². The van der Waals surface area contributed by atoms with Gasteiger partial charge in [0.05, 0.1) is 26.2 Å². The number of hydrogen-bond acceptors (Lipinski definition) is 4. The molecule has 0 aromatic heterocycles. The van der Waals surface area contributed by atoms with Crippen LogP contribution in [0.15, 0.2) is 35.7 Å². The molecule has 1 saturated heterocycles. The van der Waals surface area contributed by atoms with Gasteiger partial charge in [-0.1, -0.05) is 30.3 Å². The Bertz CT molecular complexity index is 800. The van der Waals surface area contributed by atoms with Crippen molar-refractivity contribution in [3.8, 4) is 0 Å². The maximum atomic E-state index is 12.5. The first-order valence-electron chi connectivity index (χ1n) is 9.38. The van der Waals surface area contributed by atoms with Crippen LogP contribution in [-0.2, 0) is 14.8 Å². The quantitative estimate of drug-likeness (QED) is 0.606. The lowest BCUT2D eigenvalue weighted by atomic mass is 10.2. The Morgan fingerprint density at radius 3 is 2.29 bits per heavy atom. The van der Waals surface area contributed by atoms with E-state index in [9.17, 15) is 18.0 Å². The van der Waals surface area contributed by atoms with Crippen LogP contribution in [0.5, 0.6) is 0 Å². The second kappa shape index (κ2) is 9.81. The normalized spacial score (nSPS) is 17.6. The van der Waals surface area contributed by atoms with Crippen molar-refractivity contribution in [2.45, 2.75) is 32.9 Å². The molecule has 1 aromatic rings. The predicted molar refractivity (Wildman–Crippen MR) is 108 cm³/mol. The Labute approximate surface area is 166 Å². The van der Waals surface area contributed by atoms with Gasteiger partial charge in [-0.25, -0.2) is 13.2 Å². The third kappa shape index (κ3) is 6.43. The van der Waals surface area contributed by atoms with Crippen molar-refractivity contribution in [2.75, 3.05) is 26.2 Å². The number of hydrogen-bond donors (Lipinski definition) is 3. The molecule has 154 valence electrons. The highest BCUT2D eigenvalue weighted by molar-refractivity contribution is 7.92. The molecule has 1 aliphatic heterocycles. The van der Waals surface area contributed by atoms with E-state index in [2.05, 4.69) is 10.6 Å². The number of sulfonamides is 1. The first-order valence-corrected chi connectivity index (χ1v) is 10.9. The van der Waals surface area contributed by atoms with Gasteiger partial charge in [0, 0.05) is 11.4 Å². The van der Waals surface area contributed by atoms with E-state index in [1.165, 1.54) is 9.71 Å². The van der Waals surface area contributed by atoms with Gasteiger partial charge in [0.25, 0.3) is 5.91 Å². The van der Waals surface area contributed by atoms with E-state index >= 15 is 0 Å². The monoisotopic (exact) mass is 409 g/mol. The van der Waals surface area contributed by atoms with Crippen LogP contribution >= 0.6 is 0 Å². The zero-order valence-electron chi connectivity index (χ0n) is 16.5. The molecular weight excluding hydrogens is 380 g/mol. The molecule has 3 N–H and O–H groups in total. The highest BCUT2D eigenvalue weighted by atomic mass is 32.2. The molecule has 28 heavy (non-hydrogen) atoms. The van der Waals surface area contributed by atoms with E-state index in [0.29, 0.717) is 26.2 Å². The Morgan fingerprint density at radius 1 is 1.11 bits per heavy atom. The van der Waals surface area contributed by atoms with Gasteiger partial charge >= 0.3 is 6.03 Å². The van der Waals surface area contributed by atoms with Crippen LogP contribution in [0, 0.1) is 0 Å². The number of nitrogens with one attached hydrogen (secondary N) is 3. The molecule has 2 rings (SSSR count). The van der Waals surface area contributed by atoms with Crippen molar-refractivity contribution in [3.63, 3.8) is 0 Å². The fraction of sp³-hybridized carbons (Fsp3) is 0.474. The van der Waals surface area contributed by atoms with Gasteiger partial charge in [-0.2, -0.15) is 4.31 Å². The Balaban J connectivity index is 1.88. The van der Waals surface area contributed by atoms with Crippen molar-refractivity contribution in [1.29, 1.82) is 0 Å². The zero-order chi connectivity index (χ0) is 20.7. The molecule has 8 nitrogen and oxygen atoms in total. The largest absolute Gasteiger partial charge is 0.336 e. The molecule has 1 heterocycles. The van der Waals surface area contributed by atoms with Crippen molar-refractivity contribution in [2.24, 2.45) is 0 Å². The molecule has 0 bridgehead atoms. The minimum Gasteiger partial charge on any atom is -0.336 e. The van der Waals surface area contributed by atoms with Gasteiger partial charge in [0.1, 0.15) is 0 Å². The Hall–Kier alpha value is -2.23. The van der Waals surface area contributed by atoms with E-state index in [-0.39, 0.29) is 11.9 Å². The second-order valence-corrected chi connectivity index (χ2v) is 8.97. The lowest BCUT2D eigenvalue weighted by molar-refractivity contribution is -0.917. The molecule has 0 spiro atoms. The number of benzene rings is 1. The maximum Gasteiger partial charge on any atom is 0.321 e. The number of urea groups is 1.